The van der Waals surface area contributed by atoms with E-state index in [1.807, 2.05) is 0 Å². The first-order chi connectivity index (χ1) is 4.34. The zero-order valence-electron chi connectivity index (χ0n) is 4.50. The van der Waals surface area contributed by atoms with E-state index in [2.05, 4.69) is 11.2 Å². The van der Waals surface area contributed by atoms with Crippen LogP contribution in [0.25, 0.3) is 0 Å². The standard InChI is InChI=1S/C6H3N2O/c7-4-5-2-1-3-8-6(5)9/h1-2H,(H,8,9). The van der Waals surface area contributed by atoms with Crippen molar-refractivity contribution in [3.05, 3.63) is 23.9 Å². The molecule has 9 heavy (non-hydrogen) atoms. The van der Waals surface area contributed by atoms with Gasteiger partial charge >= 0.3 is 0 Å². The Morgan fingerprint density at radius 2 is 2.56 bits per heavy atom. The molecule has 1 aromatic heterocycles. The summed E-state index contributed by atoms with van der Waals surface area (Å²) in [6.07, 6.45) is 2.38. The highest BCUT2D eigenvalue weighted by Gasteiger charge is 1.95. The molecule has 0 aliphatic heterocycles. The second-order valence-corrected chi connectivity index (χ2v) is 1.42. The maximum Gasteiger partial charge on any atom is 0.229 e. The van der Waals surface area contributed by atoms with Crippen LogP contribution in [0.2, 0.25) is 0 Å². The van der Waals surface area contributed by atoms with Crippen molar-refractivity contribution >= 4 is 0 Å². The van der Waals surface area contributed by atoms with Gasteiger partial charge in [0.2, 0.25) is 5.88 Å². The second-order valence-electron chi connectivity index (χ2n) is 1.42. The molecule has 0 bridgehead atoms. The van der Waals surface area contributed by atoms with Gasteiger partial charge in [-0.1, -0.05) is 0 Å². The highest BCUT2D eigenvalue weighted by molar-refractivity contribution is 5.35. The lowest BCUT2D eigenvalue weighted by Crippen LogP contribution is -1.77. The summed E-state index contributed by atoms with van der Waals surface area (Å²) in [6.45, 7) is 0. The zero-order valence-corrected chi connectivity index (χ0v) is 4.50. The number of aromatic hydroxyl groups is 1. The van der Waals surface area contributed by atoms with Crippen molar-refractivity contribution in [3.63, 3.8) is 0 Å². The molecule has 1 N–H and O–H groups in total. The maximum absolute atomic E-state index is 8.75. The number of nitrogens with zero attached hydrogens (tertiary/aromatic N) is 2. The van der Waals surface area contributed by atoms with Crippen molar-refractivity contribution in [2.24, 2.45) is 0 Å². The van der Waals surface area contributed by atoms with E-state index in [1.54, 1.807) is 6.07 Å². The SMILES string of the molecule is N#Cc1cc[c]nc1O. The van der Waals surface area contributed by atoms with Crippen LogP contribution in [0, 0.1) is 17.5 Å². The Kier molecular flexibility index (Phi) is 1.32. The van der Waals surface area contributed by atoms with Crippen molar-refractivity contribution in [2.75, 3.05) is 0 Å². The molecule has 0 unspecified atom stereocenters. The van der Waals surface area contributed by atoms with Crippen molar-refractivity contribution in [2.45, 2.75) is 0 Å². The lowest BCUT2D eigenvalue weighted by atomic mass is 10.3. The molecule has 3 heteroatoms. The molecular formula is C6H3N2O. The summed E-state index contributed by atoms with van der Waals surface area (Å²) < 4.78 is 0. The zero-order chi connectivity index (χ0) is 6.69. The molecule has 3 nitrogen and oxygen atoms in total. The number of pyridine rings is 1. The van der Waals surface area contributed by atoms with E-state index in [1.165, 1.54) is 12.1 Å². The predicted octanol–water partition coefficient (Wildman–Crippen LogP) is 0.459. The second kappa shape index (κ2) is 2.14. The molecule has 0 aliphatic rings. The maximum atomic E-state index is 8.75. The molecule has 0 atom stereocenters. The predicted molar refractivity (Wildman–Crippen MR) is 29.5 cm³/mol. The van der Waals surface area contributed by atoms with Gasteiger partial charge in [0.25, 0.3) is 0 Å². The third kappa shape index (κ3) is 0.970. The lowest BCUT2D eigenvalue weighted by molar-refractivity contribution is 0.451. The van der Waals surface area contributed by atoms with Crippen LogP contribution in [-0.4, -0.2) is 10.1 Å². The van der Waals surface area contributed by atoms with Crippen LogP contribution in [0.15, 0.2) is 12.1 Å². The molecule has 0 saturated heterocycles. The molecule has 43 valence electrons. The highest BCUT2D eigenvalue weighted by Crippen LogP contribution is 2.07. The van der Waals surface area contributed by atoms with Crippen molar-refractivity contribution in [1.29, 1.82) is 5.26 Å². The van der Waals surface area contributed by atoms with E-state index in [0.717, 1.165) is 0 Å². The number of hydrogen-bond donors (Lipinski definition) is 1. The Balaban J connectivity index is 3.20. The first-order valence-corrected chi connectivity index (χ1v) is 2.31. The van der Waals surface area contributed by atoms with Gasteiger partial charge in [0.15, 0.2) is 0 Å². The van der Waals surface area contributed by atoms with Crippen molar-refractivity contribution < 1.29 is 5.11 Å². The fourth-order valence-electron chi connectivity index (χ4n) is 0.441. The Morgan fingerprint density at radius 1 is 1.78 bits per heavy atom. The minimum Gasteiger partial charge on any atom is -0.492 e. The highest BCUT2D eigenvalue weighted by atomic mass is 16.3. The number of rotatable bonds is 0. The Labute approximate surface area is 52.2 Å². The largest absolute Gasteiger partial charge is 0.492 e. The summed E-state index contributed by atoms with van der Waals surface area (Å²) in [7, 11) is 0. The molecule has 1 heterocycles. The minimum absolute atomic E-state index is 0.175. The van der Waals surface area contributed by atoms with Crippen molar-refractivity contribution in [1.82, 2.24) is 4.98 Å². The molecule has 1 aromatic rings. The van der Waals surface area contributed by atoms with Gasteiger partial charge < -0.3 is 5.11 Å². The van der Waals surface area contributed by atoms with Gasteiger partial charge in [0.1, 0.15) is 11.6 Å². The summed E-state index contributed by atoms with van der Waals surface area (Å²) in [5.41, 5.74) is 0.175. The molecule has 1 rings (SSSR count). The normalized spacial score (nSPS) is 8.33. The fourth-order valence-corrected chi connectivity index (χ4v) is 0.441. The topological polar surface area (TPSA) is 56.9 Å². The van der Waals surface area contributed by atoms with Gasteiger partial charge in [0.05, 0.1) is 6.20 Å². The quantitative estimate of drug-likeness (QED) is 0.539. The number of hydrogen-bond acceptors (Lipinski definition) is 3. The third-order valence-corrected chi connectivity index (χ3v) is 0.856. The van der Waals surface area contributed by atoms with Gasteiger partial charge in [0, 0.05) is 0 Å². The van der Waals surface area contributed by atoms with Crippen LogP contribution in [0.1, 0.15) is 5.56 Å². The van der Waals surface area contributed by atoms with Crippen LogP contribution >= 0.6 is 0 Å². The van der Waals surface area contributed by atoms with Gasteiger partial charge in [-0.3, -0.25) is 0 Å². The smallest absolute Gasteiger partial charge is 0.229 e. The van der Waals surface area contributed by atoms with Crippen molar-refractivity contribution in [3.8, 4) is 11.9 Å². The summed E-state index contributed by atoms with van der Waals surface area (Å²) in [6, 6.07) is 4.68. The van der Waals surface area contributed by atoms with Crippen LogP contribution in [-0.2, 0) is 0 Å². The van der Waals surface area contributed by atoms with Crippen LogP contribution in [0.4, 0.5) is 0 Å². The molecule has 0 amide bonds. The van der Waals surface area contributed by atoms with E-state index in [4.69, 9.17) is 10.4 Å². The number of aromatic nitrogens is 1. The molecule has 0 saturated carbocycles. The Bertz CT molecular complexity index is 251. The van der Waals surface area contributed by atoms with E-state index in [-0.39, 0.29) is 11.4 Å². The van der Waals surface area contributed by atoms with E-state index in [0.29, 0.717) is 0 Å². The van der Waals surface area contributed by atoms with Gasteiger partial charge in [-0.2, -0.15) is 5.26 Å². The first kappa shape index (κ1) is 5.57. The summed E-state index contributed by atoms with van der Waals surface area (Å²) in [4.78, 5) is 3.36. The summed E-state index contributed by atoms with van der Waals surface area (Å²) in [5.74, 6) is -0.264. The lowest BCUT2D eigenvalue weighted by Gasteiger charge is -1.87. The fraction of sp³-hybridized carbons (Fsp3) is 0. The molecular weight excluding hydrogens is 116 g/mol. The molecule has 0 spiro atoms. The average molecular weight is 119 g/mol. The average Bonchev–Trinajstić information content (AvgIpc) is 1.89. The van der Waals surface area contributed by atoms with Crippen LogP contribution in [0.3, 0.4) is 0 Å². The Morgan fingerprint density at radius 3 is 3.00 bits per heavy atom. The van der Waals surface area contributed by atoms with Gasteiger partial charge in [-0.15, -0.1) is 0 Å². The van der Waals surface area contributed by atoms with Gasteiger partial charge in [-0.25, -0.2) is 4.98 Å². The molecule has 0 aliphatic carbocycles. The minimum atomic E-state index is -0.264. The summed E-state index contributed by atoms with van der Waals surface area (Å²) >= 11 is 0. The van der Waals surface area contributed by atoms with E-state index < -0.39 is 0 Å². The monoisotopic (exact) mass is 119 g/mol. The Hall–Kier alpha value is -1.56. The molecule has 0 aromatic carbocycles. The third-order valence-electron chi connectivity index (χ3n) is 0.856. The van der Waals surface area contributed by atoms with Crippen LogP contribution < -0.4 is 0 Å². The van der Waals surface area contributed by atoms with E-state index in [9.17, 15) is 0 Å². The van der Waals surface area contributed by atoms with E-state index >= 15 is 0 Å². The first-order valence-electron chi connectivity index (χ1n) is 2.31. The molecule has 1 radical (unpaired) electrons. The summed E-state index contributed by atoms with van der Waals surface area (Å²) in [5, 5.41) is 17.0. The molecule has 0 fully saturated rings. The van der Waals surface area contributed by atoms with Gasteiger partial charge in [-0.05, 0) is 12.1 Å². The number of nitriles is 1. The van der Waals surface area contributed by atoms with Crippen LogP contribution in [0.5, 0.6) is 5.88 Å².